The Hall–Kier alpha value is -2.20. The second-order valence-electron chi connectivity index (χ2n) is 10.4. The number of allylic oxidation sites excluding steroid dienone is 4. The van der Waals surface area contributed by atoms with Gasteiger partial charge in [-0.05, 0) is 24.1 Å². The lowest BCUT2D eigenvalue weighted by Crippen LogP contribution is -2.65. The van der Waals surface area contributed by atoms with Crippen LogP contribution in [0, 0.1) is 0 Å². The average molecular weight is 604 g/mol. The van der Waals surface area contributed by atoms with Gasteiger partial charge in [0.15, 0.2) is 5.60 Å². The predicted octanol–water partition coefficient (Wildman–Crippen LogP) is 2.28. The van der Waals surface area contributed by atoms with Crippen LogP contribution in [0.4, 0.5) is 13.2 Å². The van der Waals surface area contributed by atoms with Gasteiger partial charge in [0.2, 0.25) is 10.0 Å². The smallest absolute Gasteiger partial charge is 0.421 e. The number of carboxylic acid groups (broad SMARTS) is 1. The van der Waals surface area contributed by atoms with Gasteiger partial charge in [-0.2, -0.15) is 17.5 Å². The van der Waals surface area contributed by atoms with E-state index >= 15 is 0 Å². The lowest BCUT2D eigenvalue weighted by atomic mass is 9.84. The monoisotopic (exact) mass is 603 g/mol. The zero-order valence-corrected chi connectivity index (χ0v) is 23.5. The van der Waals surface area contributed by atoms with E-state index in [9.17, 15) is 36.6 Å². The Morgan fingerprint density at radius 2 is 1.95 bits per heavy atom. The largest absolute Gasteiger partial charge is 0.481 e. The van der Waals surface area contributed by atoms with E-state index in [4.69, 9.17) is 17.0 Å². The van der Waals surface area contributed by atoms with Crippen molar-refractivity contribution in [2.45, 2.75) is 43.1 Å². The van der Waals surface area contributed by atoms with Crippen molar-refractivity contribution in [3.8, 4) is 0 Å². The van der Waals surface area contributed by atoms with Crippen molar-refractivity contribution in [3.05, 3.63) is 58.5 Å². The maximum Gasteiger partial charge on any atom is 0.421 e. The Kier molecular flexibility index (Phi) is 8.91. The normalized spacial score (nSPS) is 26.8. The number of hydrogen-bond donors (Lipinski definition) is 3. The third-order valence-electron chi connectivity index (χ3n) is 7.63. The van der Waals surface area contributed by atoms with E-state index in [1.807, 2.05) is 4.90 Å². The molecule has 4 rings (SSSR count). The molecule has 0 bridgehead atoms. The minimum Gasteiger partial charge on any atom is -0.481 e. The first-order valence-electron chi connectivity index (χ1n) is 12.8. The van der Waals surface area contributed by atoms with Gasteiger partial charge in [0.25, 0.3) is 0 Å². The predicted molar refractivity (Wildman–Crippen MR) is 145 cm³/mol. The molecule has 220 valence electrons. The number of morpholine rings is 1. The SMILES string of the molecule is CC(O)(c1ccc([C@]2(CN3CCOCC3CC(=O)O)CN(S(=O)(=O)C3=CC=CCC3=S)CCN2)cc1)C(F)(F)F. The van der Waals surface area contributed by atoms with Gasteiger partial charge in [0.05, 0.1) is 30.1 Å². The summed E-state index contributed by atoms with van der Waals surface area (Å²) in [7, 11) is -4.00. The summed E-state index contributed by atoms with van der Waals surface area (Å²) in [5.74, 6) is -1.01. The molecule has 3 atom stereocenters. The van der Waals surface area contributed by atoms with Crippen molar-refractivity contribution >= 4 is 33.1 Å². The van der Waals surface area contributed by atoms with Crippen molar-refractivity contribution in [3.63, 3.8) is 0 Å². The number of sulfonamides is 1. The van der Waals surface area contributed by atoms with Crippen molar-refractivity contribution in [2.75, 3.05) is 45.9 Å². The number of rotatable bonds is 8. The van der Waals surface area contributed by atoms with Gasteiger partial charge in [-0.3, -0.25) is 9.69 Å². The van der Waals surface area contributed by atoms with Gasteiger partial charge in [-0.25, -0.2) is 8.42 Å². The molecule has 0 aromatic heterocycles. The molecule has 0 spiro atoms. The number of hydrogen-bond acceptors (Lipinski definition) is 8. The number of nitrogens with zero attached hydrogens (tertiary/aromatic N) is 2. The second-order valence-corrected chi connectivity index (χ2v) is 12.8. The molecule has 0 saturated carbocycles. The number of aliphatic carboxylic acids is 1. The Morgan fingerprint density at radius 3 is 2.58 bits per heavy atom. The quantitative estimate of drug-likeness (QED) is 0.385. The number of ether oxygens (including phenoxy) is 1. The van der Waals surface area contributed by atoms with Crippen molar-refractivity contribution in [2.24, 2.45) is 0 Å². The Labute approximate surface area is 236 Å². The van der Waals surface area contributed by atoms with Crippen LogP contribution in [0.25, 0.3) is 0 Å². The van der Waals surface area contributed by atoms with Crippen LogP contribution in [-0.4, -0.2) is 96.8 Å². The number of nitrogens with one attached hydrogen (secondary N) is 1. The molecule has 1 aliphatic carbocycles. The molecule has 1 aromatic rings. The summed E-state index contributed by atoms with van der Waals surface area (Å²) in [6.07, 6.45) is 0.0830. The molecule has 2 aliphatic heterocycles. The molecule has 14 heteroatoms. The van der Waals surface area contributed by atoms with E-state index < -0.39 is 39.4 Å². The first-order chi connectivity index (χ1) is 18.7. The number of carboxylic acids is 1. The van der Waals surface area contributed by atoms with Crippen LogP contribution in [0.3, 0.4) is 0 Å². The van der Waals surface area contributed by atoms with Crippen molar-refractivity contribution in [1.29, 1.82) is 0 Å². The molecule has 2 fully saturated rings. The first-order valence-corrected chi connectivity index (χ1v) is 14.6. The number of halogens is 3. The van der Waals surface area contributed by atoms with Crippen LogP contribution in [0.2, 0.25) is 0 Å². The summed E-state index contributed by atoms with van der Waals surface area (Å²) in [4.78, 5) is 13.8. The zero-order chi connectivity index (χ0) is 29.3. The molecule has 2 saturated heterocycles. The van der Waals surface area contributed by atoms with Gasteiger partial charge >= 0.3 is 12.1 Å². The molecule has 1 aromatic carbocycles. The molecule has 40 heavy (non-hydrogen) atoms. The molecule has 3 N–H and O–H groups in total. The van der Waals surface area contributed by atoms with Crippen LogP contribution in [-0.2, 0) is 30.7 Å². The zero-order valence-electron chi connectivity index (χ0n) is 21.9. The molecule has 2 heterocycles. The summed E-state index contributed by atoms with van der Waals surface area (Å²) < 4.78 is 74.6. The minimum absolute atomic E-state index is 0.0347. The van der Waals surface area contributed by atoms with E-state index in [2.05, 4.69) is 5.32 Å². The van der Waals surface area contributed by atoms with E-state index in [1.54, 1.807) is 12.2 Å². The van der Waals surface area contributed by atoms with Crippen LogP contribution >= 0.6 is 12.2 Å². The number of benzene rings is 1. The van der Waals surface area contributed by atoms with E-state index in [-0.39, 0.29) is 49.7 Å². The number of piperazine rings is 1. The van der Waals surface area contributed by atoms with Gasteiger partial charge in [-0.1, -0.05) is 48.6 Å². The third kappa shape index (κ3) is 6.17. The van der Waals surface area contributed by atoms with Gasteiger partial charge in [0.1, 0.15) is 0 Å². The molecule has 0 amide bonds. The fourth-order valence-corrected chi connectivity index (χ4v) is 7.36. The number of thiocarbonyl (C=S) groups is 1. The van der Waals surface area contributed by atoms with Crippen LogP contribution < -0.4 is 5.32 Å². The van der Waals surface area contributed by atoms with E-state index in [1.165, 1.54) is 34.6 Å². The standard InChI is InChI=1S/C26H32F3N3O6S2/c1-24(35,26(27,28)29)18-6-8-19(9-7-18)25(16-31-12-13-38-15-20(31)14-23(33)34)17-32(11-10-30-25)40(36,37)22-5-3-2-4-21(22)39/h2-3,5-9,20,30,35H,4,10-17H2,1H3,(H,33,34)/t20?,24?,25-/m0/s1. The molecule has 0 radical (unpaired) electrons. The molecular weight excluding hydrogens is 571 g/mol. The van der Waals surface area contributed by atoms with Crippen LogP contribution in [0.15, 0.2) is 47.4 Å². The number of alkyl halides is 3. The maximum atomic E-state index is 13.7. The fourth-order valence-electron chi connectivity index (χ4n) is 5.26. The molecule has 3 aliphatic rings. The van der Waals surface area contributed by atoms with Crippen molar-refractivity contribution in [1.82, 2.24) is 14.5 Å². The van der Waals surface area contributed by atoms with E-state index in [0.29, 0.717) is 36.9 Å². The van der Waals surface area contributed by atoms with Crippen LogP contribution in [0.5, 0.6) is 0 Å². The summed E-state index contributed by atoms with van der Waals surface area (Å²) in [5.41, 5.74) is -4.07. The Bertz CT molecular complexity index is 1300. The lowest BCUT2D eigenvalue weighted by molar-refractivity contribution is -0.258. The van der Waals surface area contributed by atoms with Gasteiger partial charge < -0.3 is 20.3 Å². The molecular formula is C26H32F3N3O6S2. The minimum atomic E-state index is -4.90. The first kappa shape index (κ1) is 30.8. The van der Waals surface area contributed by atoms with Gasteiger partial charge in [-0.15, -0.1) is 0 Å². The Balaban J connectivity index is 1.74. The molecule has 2 unspecified atom stereocenters. The Morgan fingerprint density at radius 1 is 1.25 bits per heavy atom. The fraction of sp³-hybridized carbons (Fsp3) is 0.538. The lowest BCUT2D eigenvalue weighted by Gasteiger charge is -2.48. The summed E-state index contributed by atoms with van der Waals surface area (Å²) in [6, 6.07) is 4.76. The average Bonchev–Trinajstić information content (AvgIpc) is 2.89. The van der Waals surface area contributed by atoms with Crippen molar-refractivity contribution < 1.29 is 41.3 Å². The summed E-state index contributed by atoms with van der Waals surface area (Å²) in [6.45, 7) is 2.02. The van der Waals surface area contributed by atoms with Gasteiger partial charge in [0, 0.05) is 50.1 Å². The third-order valence-corrected chi connectivity index (χ3v) is 10.1. The number of carbonyl (C=O) groups is 1. The second kappa shape index (κ2) is 11.6. The summed E-state index contributed by atoms with van der Waals surface area (Å²) in [5, 5.41) is 23.0. The maximum absolute atomic E-state index is 13.7. The highest BCUT2D eigenvalue weighted by molar-refractivity contribution is 7.96. The van der Waals surface area contributed by atoms with E-state index in [0.717, 1.165) is 0 Å². The highest BCUT2D eigenvalue weighted by Gasteiger charge is 2.51. The topological polar surface area (TPSA) is 119 Å². The highest BCUT2D eigenvalue weighted by atomic mass is 32.2. The highest BCUT2D eigenvalue weighted by Crippen LogP contribution is 2.39. The summed E-state index contributed by atoms with van der Waals surface area (Å²) >= 11 is 5.33. The number of aliphatic hydroxyl groups is 1. The van der Waals surface area contributed by atoms with Crippen LogP contribution in [0.1, 0.15) is 30.9 Å². The molecule has 9 nitrogen and oxygen atoms in total.